The first-order chi connectivity index (χ1) is 9.34. The van der Waals surface area contributed by atoms with E-state index in [0.29, 0.717) is 6.54 Å². The summed E-state index contributed by atoms with van der Waals surface area (Å²) in [7, 11) is 0. The molecule has 19 heavy (non-hydrogen) atoms. The molecule has 1 N–H and O–H groups in total. The van der Waals surface area contributed by atoms with E-state index >= 15 is 0 Å². The van der Waals surface area contributed by atoms with Crippen LogP contribution in [0.25, 0.3) is 10.8 Å². The normalized spacial score (nSPS) is 10.6. The van der Waals surface area contributed by atoms with Gasteiger partial charge >= 0.3 is 0 Å². The van der Waals surface area contributed by atoms with E-state index in [1.54, 1.807) is 0 Å². The second-order valence-corrected chi connectivity index (χ2v) is 4.73. The summed E-state index contributed by atoms with van der Waals surface area (Å²) in [5, 5.41) is 6.42. The average Bonchev–Trinajstić information content (AvgIpc) is 2.46. The molecule has 0 aliphatic carbocycles. The van der Waals surface area contributed by atoms with Gasteiger partial charge in [0.2, 0.25) is 0 Å². The molecule has 0 amide bonds. The number of fused-ring (bicyclic) bond motifs is 1. The maximum atomic E-state index is 6.15. The van der Waals surface area contributed by atoms with Crippen molar-refractivity contribution in [2.45, 2.75) is 6.54 Å². The number of anilines is 1. The molecule has 0 atom stereocenters. The van der Waals surface area contributed by atoms with Gasteiger partial charge in [0.05, 0.1) is 0 Å². The summed E-state index contributed by atoms with van der Waals surface area (Å²) in [6.07, 6.45) is 1.82. The van der Waals surface area contributed by atoms with Gasteiger partial charge in [-0.1, -0.05) is 54.1 Å². The first kappa shape index (κ1) is 12.0. The van der Waals surface area contributed by atoms with Crippen LogP contribution in [0.1, 0.15) is 5.56 Å². The van der Waals surface area contributed by atoms with Gasteiger partial charge in [0, 0.05) is 23.2 Å². The van der Waals surface area contributed by atoms with Crippen molar-refractivity contribution in [3.8, 4) is 0 Å². The molecule has 3 heteroatoms. The van der Waals surface area contributed by atoms with Crippen LogP contribution < -0.4 is 5.32 Å². The average molecular weight is 269 g/mol. The van der Waals surface area contributed by atoms with Gasteiger partial charge in [-0.25, -0.2) is 4.98 Å². The van der Waals surface area contributed by atoms with Gasteiger partial charge in [0.25, 0.3) is 0 Å². The summed E-state index contributed by atoms with van der Waals surface area (Å²) in [5.74, 6) is 0.887. The number of hydrogen-bond donors (Lipinski definition) is 1. The minimum Gasteiger partial charge on any atom is -0.365 e. The van der Waals surface area contributed by atoms with Crippen LogP contribution in [0.2, 0.25) is 5.02 Å². The van der Waals surface area contributed by atoms with E-state index in [4.69, 9.17) is 11.6 Å². The highest BCUT2D eigenvalue weighted by Gasteiger charge is 2.03. The third kappa shape index (κ3) is 2.54. The summed E-state index contributed by atoms with van der Waals surface area (Å²) in [6, 6.07) is 18.0. The molecule has 0 saturated carbocycles. The second-order valence-electron chi connectivity index (χ2n) is 4.33. The Morgan fingerprint density at radius 3 is 2.63 bits per heavy atom. The molecule has 94 valence electrons. The topological polar surface area (TPSA) is 24.9 Å². The van der Waals surface area contributed by atoms with Crippen LogP contribution in [-0.2, 0) is 6.54 Å². The molecule has 0 fully saturated rings. The van der Waals surface area contributed by atoms with Crippen LogP contribution in [0.3, 0.4) is 0 Å². The van der Waals surface area contributed by atoms with Crippen molar-refractivity contribution in [2.24, 2.45) is 0 Å². The van der Waals surface area contributed by atoms with Gasteiger partial charge in [-0.15, -0.1) is 0 Å². The fourth-order valence-electron chi connectivity index (χ4n) is 2.08. The number of aromatic nitrogens is 1. The SMILES string of the molecule is Clc1ccccc1CNc1nccc2ccccc12. The Balaban J connectivity index is 1.88. The third-order valence-electron chi connectivity index (χ3n) is 3.08. The van der Waals surface area contributed by atoms with Crippen molar-refractivity contribution in [3.63, 3.8) is 0 Å². The van der Waals surface area contributed by atoms with Gasteiger partial charge in [0.15, 0.2) is 0 Å². The Kier molecular flexibility index (Phi) is 3.34. The summed E-state index contributed by atoms with van der Waals surface area (Å²) in [6.45, 7) is 0.667. The van der Waals surface area contributed by atoms with E-state index in [1.807, 2.05) is 48.7 Å². The summed E-state index contributed by atoms with van der Waals surface area (Å²) >= 11 is 6.15. The van der Waals surface area contributed by atoms with E-state index in [9.17, 15) is 0 Å². The zero-order chi connectivity index (χ0) is 13.1. The van der Waals surface area contributed by atoms with Crippen LogP contribution in [0.15, 0.2) is 60.8 Å². The maximum Gasteiger partial charge on any atom is 0.134 e. The molecule has 1 aromatic heterocycles. The van der Waals surface area contributed by atoms with Crippen molar-refractivity contribution in [3.05, 3.63) is 71.4 Å². The van der Waals surface area contributed by atoms with E-state index < -0.39 is 0 Å². The van der Waals surface area contributed by atoms with Crippen LogP contribution in [0, 0.1) is 0 Å². The molecule has 0 unspecified atom stereocenters. The lowest BCUT2D eigenvalue weighted by atomic mass is 10.1. The Bertz CT molecular complexity index is 704. The van der Waals surface area contributed by atoms with Crippen molar-refractivity contribution in [1.29, 1.82) is 0 Å². The van der Waals surface area contributed by atoms with E-state index in [1.165, 1.54) is 5.39 Å². The Morgan fingerprint density at radius 2 is 1.74 bits per heavy atom. The van der Waals surface area contributed by atoms with Crippen LogP contribution in [0.5, 0.6) is 0 Å². The number of rotatable bonds is 3. The van der Waals surface area contributed by atoms with Gasteiger partial charge in [-0.05, 0) is 23.1 Å². The van der Waals surface area contributed by atoms with E-state index in [0.717, 1.165) is 21.8 Å². The number of hydrogen-bond acceptors (Lipinski definition) is 2. The first-order valence-corrected chi connectivity index (χ1v) is 6.53. The molecule has 0 radical (unpaired) electrons. The largest absolute Gasteiger partial charge is 0.365 e. The number of nitrogens with one attached hydrogen (secondary N) is 1. The smallest absolute Gasteiger partial charge is 0.134 e. The molecule has 1 heterocycles. The molecule has 0 bridgehead atoms. The van der Waals surface area contributed by atoms with Gasteiger partial charge in [-0.2, -0.15) is 0 Å². The van der Waals surface area contributed by atoms with Crippen molar-refractivity contribution in [2.75, 3.05) is 5.32 Å². The van der Waals surface area contributed by atoms with Gasteiger partial charge in [-0.3, -0.25) is 0 Å². The van der Waals surface area contributed by atoms with Crippen LogP contribution in [-0.4, -0.2) is 4.98 Å². The van der Waals surface area contributed by atoms with Gasteiger partial charge < -0.3 is 5.32 Å². The zero-order valence-corrected chi connectivity index (χ0v) is 11.1. The van der Waals surface area contributed by atoms with Crippen LogP contribution >= 0.6 is 11.6 Å². The monoisotopic (exact) mass is 268 g/mol. The molecule has 3 aromatic rings. The highest BCUT2D eigenvalue weighted by Crippen LogP contribution is 2.22. The molecular formula is C16H13ClN2. The van der Waals surface area contributed by atoms with E-state index in [2.05, 4.69) is 22.4 Å². The third-order valence-corrected chi connectivity index (χ3v) is 3.45. The number of halogens is 1. The second kappa shape index (κ2) is 5.29. The lowest BCUT2D eigenvalue weighted by Gasteiger charge is -2.09. The number of nitrogens with zero attached hydrogens (tertiary/aromatic N) is 1. The predicted octanol–water partition coefficient (Wildman–Crippen LogP) is 4.50. The lowest BCUT2D eigenvalue weighted by molar-refractivity contribution is 1.12. The minimum absolute atomic E-state index is 0.667. The van der Waals surface area contributed by atoms with Crippen molar-refractivity contribution in [1.82, 2.24) is 4.98 Å². The molecule has 2 aromatic carbocycles. The Hall–Kier alpha value is -2.06. The molecule has 0 aliphatic rings. The lowest BCUT2D eigenvalue weighted by Crippen LogP contribution is -2.02. The zero-order valence-electron chi connectivity index (χ0n) is 10.3. The molecule has 0 spiro atoms. The molecular weight excluding hydrogens is 256 g/mol. The number of benzene rings is 2. The van der Waals surface area contributed by atoms with Crippen molar-refractivity contribution >= 4 is 28.2 Å². The molecule has 3 rings (SSSR count). The Morgan fingerprint density at radius 1 is 0.947 bits per heavy atom. The number of pyridine rings is 1. The fourth-order valence-corrected chi connectivity index (χ4v) is 2.28. The fraction of sp³-hybridized carbons (Fsp3) is 0.0625. The molecule has 2 nitrogen and oxygen atoms in total. The standard InChI is InChI=1S/C16H13ClN2/c17-15-8-4-2-6-13(15)11-19-16-14-7-3-1-5-12(14)9-10-18-16/h1-10H,11H2,(H,18,19). The highest BCUT2D eigenvalue weighted by atomic mass is 35.5. The minimum atomic E-state index is 0.667. The first-order valence-electron chi connectivity index (χ1n) is 6.15. The maximum absolute atomic E-state index is 6.15. The van der Waals surface area contributed by atoms with Crippen LogP contribution in [0.4, 0.5) is 5.82 Å². The highest BCUT2D eigenvalue weighted by molar-refractivity contribution is 6.31. The predicted molar refractivity (Wildman–Crippen MR) is 80.5 cm³/mol. The van der Waals surface area contributed by atoms with E-state index in [-0.39, 0.29) is 0 Å². The summed E-state index contributed by atoms with van der Waals surface area (Å²) in [5.41, 5.74) is 1.07. The Labute approximate surface area is 117 Å². The quantitative estimate of drug-likeness (QED) is 0.756. The summed E-state index contributed by atoms with van der Waals surface area (Å²) in [4.78, 5) is 4.40. The van der Waals surface area contributed by atoms with Gasteiger partial charge in [0.1, 0.15) is 5.82 Å². The summed E-state index contributed by atoms with van der Waals surface area (Å²) < 4.78 is 0. The molecule has 0 aliphatic heterocycles. The van der Waals surface area contributed by atoms with Crippen molar-refractivity contribution < 1.29 is 0 Å². The molecule has 0 saturated heterocycles.